The van der Waals surface area contributed by atoms with Gasteiger partial charge in [-0.3, -0.25) is 0 Å². The predicted octanol–water partition coefficient (Wildman–Crippen LogP) is 3.93. The lowest BCUT2D eigenvalue weighted by Crippen LogP contribution is -1.87. The van der Waals surface area contributed by atoms with Crippen LogP contribution in [0.4, 0.5) is 0 Å². The van der Waals surface area contributed by atoms with Gasteiger partial charge < -0.3 is 0 Å². The minimum atomic E-state index is 1.04. The summed E-state index contributed by atoms with van der Waals surface area (Å²) in [4.78, 5) is 0. The highest BCUT2D eigenvalue weighted by Crippen LogP contribution is 2.14. The van der Waals surface area contributed by atoms with E-state index in [0.29, 0.717) is 0 Å². The van der Waals surface area contributed by atoms with Crippen LogP contribution in [-0.2, 0) is 0 Å². The zero-order valence-corrected chi connectivity index (χ0v) is 7.68. The van der Waals surface area contributed by atoms with Gasteiger partial charge in [0.25, 0.3) is 0 Å². The van der Waals surface area contributed by atoms with Gasteiger partial charge in [-0.2, -0.15) is 0 Å². The molecule has 0 heteroatoms. The molecular formula is C11H20. The summed E-state index contributed by atoms with van der Waals surface area (Å²) in [7, 11) is 0. The third-order valence-electron chi connectivity index (χ3n) is 1.77. The summed E-state index contributed by atoms with van der Waals surface area (Å²) in [6.07, 6.45) is 13.4. The van der Waals surface area contributed by atoms with Crippen LogP contribution >= 0.6 is 0 Å². The monoisotopic (exact) mass is 152 g/mol. The van der Waals surface area contributed by atoms with Crippen molar-refractivity contribution in [2.45, 2.75) is 51.9 Å². The fraction of sp³-hybridized carbons (Fsp3) is 0.727. The summed E-state index contributed by atoms with van der Waals surface area (Å²) in [5.41, 5.74) is 0. The molecular weight excluding hydrogens is 132 g/mol. The molecule has 2 radical (unpaired) electrons. The van der Waals surface area contributed by atoms with Gasteiger partial charge >= 0.3 is 0 Å². The lowest BCUT2D eigenvalue weighted by Gasteiger charge is -2.05. The molecule has 0 amide bonds. The van der Waals surface area contributed by atoms with E-state index in [9.17, 15) is 0 Å². The number of rotatable bonds is 2. The van der Waals surface area contributed by atoms with E-state index in [1.165, 1.54) is 32.1 Å². The molecule has 0 aromatic carbocycles. The van der Waals surface area contributed by atoms with E-state index < -0.39 is 0 Å². The number of allylic oxidation sites excluding steroid dienone is 1. The van der Waals surface area contributed by atoms with Crippen LogP contribution in [0.5, 0.6) is 0 Å². The Bertz CT molecular complexity index is 58.6. The van der Waals surface area contributed by atoms with Crippen LogP contribution in [0, 0.1) is 13.0 Å². The second kappa shape index (κ2) is 9.74. The molecule has 11 heavy (non-hydrogen) atoms. The summed E-state index contributed by atoms with van der Waals surface area (Å²) in [5, 5.41) is 0. The maximum absolute atomic E-state index is 5.01. The lowest BCUT2D eigenvalue weighted by molar-refractivity contribution is 0.593. The molecule has 1 saturated carbocycles. The van der Waals surface area contributed by atoms with E-state index in [2.05, 4.69) is 13.3 Å². The van der Waals surface area contributed by atoms with Crippen molar-refractivity contribution in [2.24, 2.45) is 0 Å². The molecule has 1 aliphatic rings. The minimum absolute atomic E-state index is 1.04. The molecule has 1 aliphatic carbocycles. The summed E-state index contributed by atoms with van der Waals surface area (Å²) >= 11 is 0. The predicted molar refractivity (Wildman–Crippen MR) is 51.2 cm³/mol. The second-order valence-corrected chi connectivity index (χ2v) is 2.95. The molecule has 0 aromatic heterocycles. The fourth-order valence-corrected chi connectivity index (χ4v) is 1.07. The normalized spacial score (nSPS) is 16.5. The van der Waals surface area contributed by atoms with Gasteiger partial charge in [0, 0.05) is 0 Å². The SMILES string of the molecule is [CH]1CCCCC1.[CH]=CCCC. The Morgan fingerprint density at radius 3 is 2.00 bits per heavy atom. The summed E-state index contributed by atoms with van der Waals surface area (Å²) in [5.74, 6) is 0. The minimum Gasteiger partial charge on any atom is -0.0846 e. The number of hydrogen-bond donors (Lipinski definition) is 0. The Hall–Kier alpha value is -0.260. The van der Waals surface area contributed by atoms with Crippen LogP contribution < -0.4 is 0 Å². The van der Waals surface area contributed by atoms with E-state index in [-0.39, 0.29) is 0 Å². The Labute approximate surface area is 71.7 Å². The maximum Gasteiger partial charge on any atom is -0.0350 e. The highest BCUT2D eigenvalue weighted by Gasteiger charge is 1.95. The Kier molecular flexibility index (Phi) is 9.51. The first-order chi connectivity index (χ1) is 5.41. The highest BCUT2D eigenvalue weighted by atomic mass is 14.0. The van der Waals surface area contributed by atoms with E-state index in [1.807, 2.05) is 0 Å². The van der Waals surface area contributed by atoms with E-state index in [4.69, 9.17) is 6.58 Å². The van der Waals surface area contributed by atoms with Gasteiger partial charge in [0.15, 0.2) is 0 Å². The molecule has 0 atom stereocenters. The lowest BCUT2D eigenvalue weighted by atomic mass is 10.0. The highest BCUT2D eigenvalue weighted by molar-refractivity contribution is 4.69. The molecule has 1 rings (SSSR count). The molecule has 0 saturated heterocycles. The first-order valence-electron chi connectivity index (χ1n) is 4.77. The zero-order valence-electron chi connectivity index (χ0n) is 7.68. The number of unbranched alkanes of at least 4 members (excludes halogenated alkanes) is 1. The van der Waals surface area contributed by atoms with Crippen LogP contribution in [0.1, 0.15) is 51.9 Å². The smallest absolute Gasteiger partial charge is 0.0350 e. The van der Waals surface area contributed by atoms with Gasteiger partial charge in [-0.25, -0.2) is 0 Å². The first-order valence-corrected chi connectivity index (χ1v) is 4.77. The van der Waals surface area contributed by atoms with Gasteiger partial charge in [-0.1, -0.05) is 58.1 Å². The van der Waals surface area contributed by atoms with E-state index in [0.717, 1.165) is 12.8 Å². The molecule has 0 heterocycles. The molecule has 0 N–H and O–H groups in total. The van der Waals surface area contributed by atoms with Crippen molar-refractivity contribution in [2.75, 3.05) is 0 Å². The molecule has 0 spiro atoms. The van der Waals surface area contributed by atoms with E-state index >= 15 is 0 Å². The van der Waals surface area contributed by atoms with Crippen molar-refractivity contribution < 1.29 is 0 Å². The topological polar surface area (TPSA) is 0 Å². The number of hydrogen-bond acceptors (Lipinski definition) is 0. The third kappa shape index (κ3) is 9.74. The molecule has 1 fully saturated rings. The molecule has 0 aliphatic heterocycles. The summed E-state index contributed by atoms with van der Waals surface area (Å²) in [6, 6.07) is 0. The van der Waals surface area contributed by atoms with Gasteiger partial charge in [0.2, 0.25) is 0 Å². The average Bonchev–Trinajstić information content (AvgIpc) is 2.10. The van der Waals surface area contributed by atoms with Crippen LogP contribution in [0.2, 0.25) is 0 Å². The van der Waals surface area contributed by atoms with Gasteiger partial charge in [-0.05, 0) is 12.8 Å². The Morgan fingerprint density at radius 1 is 1.27 bits per heavy atom. The summed E-state index contributed by atoms with van der Waals surface area (Å²) in [6.45, 7) is 7.11. The Balaban J connectivity index is 0.000000187. The molecule has 64 valence electrons. The van der Waals surface area contributed by atoms with Crippen LogP contribution in [-0.4, -0.2) is 0 Å². The second-order valence-electron chi connectivity index (χ2n) is 2.95. The molecule has 0 bridgehead atoms. The molecule has 0 aromatic rings. The van der Waals surface area contributed by atoms with Crippen molar-refractivity contribution in [3.63, 3.8) is 0 Å². The van der Waals surface area contributed by atoms with Gasteiger partial charge in [0.05, 0.1) is 0 Å². The quantitative estimate of drug-likeness (QED) is 0.562. The fourth-order valence-electron chi connectivity index (χ4n) is 1.07. The molecule has 0 unspecified atom stereocenters. The van der Waals surface area contributed by atoms with Crippen molar-refractivity contribution in [3.8, 4) is 0 Å². The van der Waals surface area contributed by atoms with E-state index in [1.54, 1.807) is 6.08 Å². The zero-order chi connectivity index (χ0) is 8.36. The van der Waals surface area contributed by atoms with Gasteiger partial charge in [-0.15, -0.1) is 0 Å². The standard InChI is InChI=1S/C6H11.C5H9/c1-2-4-6-5-3-1;1-3-5-4-2/h1H,2-6H2;1,3H,4-5H2,2H3. The maximum atomic E-state index is 5.01. The third-order valence-corrected chi connectivity index (χ3v) is 1.77. The Morgan fingerprint density at radius 2 is 1.91 bits per heavy atom. The largest absolute Gasteiger partial charge is 0.0846 e. The van der Waals surface area contributed by atoms with Crippen LogP contribution in [0.25, 0.3) is 0 Å². The van der Waals surface area contributed by atoms with Gasteiger partial charge in [0.1, 0.15) is 0 Å². The first kappa shape index (κ1) is 10.7. The van der Waals surface area contributed by atoms with Crippen molar-refractivity contribution in [1.82, 2.24) is 0 Å². The summed E-state index contributed by atoms with van der Waals surface area (Å²) < 4.78 is 0. The average molecular weight is 152 g/mol. The molecule has 0 nitrogen and oxygen atoms in total. The van der Waals surface area contributed by atoms with Crippen molar-refractivity contribution in [3.05, 3.63) is 19.1 Å². The van der Waals surface area contributed by atoms with Crippen LogP contribution in [0.15, 0.2) is 6.08 Å². The van der Waals surface area contributed by atoms with Crippen molar-refractivity contribution >= 4 is 0 Å². The van der Waals surface area contributed by atoms with Crippen LogP contribution in [0.3, 0.4) is 0 Å². The van der Waals surface area contributed by atoms with Crippen molar-refractivity contribution in [1.29, 1.82) is 0 Å².